The van der Waals surface area contributed by atoms with Crippen LogP contribution in [0.3, 0.4) is 0 Å². The maximum atomic E-state index is 13.1. The lowest BCUT2D eigenvalue weighted by molar-refractivity contribution is -0.125. The molecule has 0 bridgehead atoms. The number of halogens is 2. The van der Waals surface area contributed by atoms with Crippen LogP contribution in [0.15, 0.2) is 77.2 Å². The van der Waals surface area contributed by atoms with E-state index in [4.69, 9.17) is 32.6 Å². The Balaban J connectivity index is 1.04. The summed E-state index contributed by atoms with van der Waals surface area (Å²) in [7, 11) is 0. The Kier molecular flexibility index (Phi) is 7.29. The van der Waals surface area contributed by atoms with Crippen molar-refractivity contribution in [2.75, 3.05) is 49.2 Å². The van der Waals surface area contributed by atoms with Gasteiger partial charge >= 0.3 is 0 Å². The number of para-hydroxylation sites is 3. The van der Waals surface area contributed by atoms with Gasteiger partial charge in [0, 0.05) is 37.3 Å². The van der Waals surface area contributed by atoms with Crippen LogP contribution in [0.4, 0.5) is 11.7 Å². The number of piperidine rings is 1. The molecule has 4 heterocycles. The molecule has 0 saturated carbocycles. The standard InChI is InChI=1S/C33H35Cl2N5O2/c34-26-12-11-24(21-27(26)35)32(14-20-39(22-32)31-37-28-9-4-5-10-29(28)42-31)13-6-17-38-18-15-33(16-19-38)30(41)36-23-40(33)25-7-2-1-3-8-25/h1-5,7-12,21H,6,13-20,22-23H2,(H,36,41). The van der Waals surface area contributed by atoms with Gasteiger partial charge in [0.1, 0.15) is 11.1 Å². The average Bonchev–Trinajstić information content (AvgIpc) is 3.73. The van der Waals surface area contributed by atoms with E-state index in [1.54, 1.807) is 0 Å². The Bertz CT molecular complexity index is 1550. The van der Waals surface area contributed by atoms with E-state index in [2.05, 4.69) is 38.2 Å². The number of oxazole rings is 1. The van der Waals surface area contributed by atoms with Crippen LogP contribution in [0.1, 0.15) is 37.7 Å². The molecule has 42 heavy (non-hydrogen) atoms. The molecule has 1 N–H and O–H groups in total. The SMILES string of the molecule is O=C1NCN(c2ccccc2)C12CCN(CCCC1(c3ccc(Cl)c(Cl)c3)CCN(c3nc4ccccc4o3)C1)CC2. The molecule has 1 unspecified atom stereocenters. The molecule has 0 radical (unpaired) electrons. The molecular weight excluding hydrogens is 569 g/mol. The van der Waals surface area contributed by atoms with Crippen molar-refractivity contribution < 1.29 is 9.21 Å². The highest BCUT2D eigenvalue weighted by Crippen LogP contribution is 2.43. The lowest BCUT2D eigenvalue weighted by atomic mass is 9.76. The number of anilines is 2. The summed E-state index contributed by atoms with van der Waals surface area (Å²) in [6.07, 6.45) is 4.70. The highest BCUT2D eigenvalue weighted by atomic mass is 35.5. The Hall–Kier alpha value is -3.26. The summed E-state index contributed by atoms with van der Waals surface area (Å²) in [5.41, 5.74) is 3.48. The van der Waals surface area contributed by atoms with Crippen LogP contribution in [0.25, 0.3) is 11.1 Å². The van der Waals surface area contributed by atoms with Crippen molar-refractivity contribution >= 4 is 51.9 Å². The second-order valence-electron chi connectivity index (χ2n) is 11.9. The summed E-state index contributed by atoms with van der Waals surface area (Å²) < 4.78 is 6.14. The zero-order valence-electron chi connectivity index (χ0n) is 23.6. The molecule has 3 aliphatic heterocycles. The van der Waals surface area contributed by atoms with E-state index in [9.17, 15) is 4.79 Å². The third-order valence-electron chi connectivity index (χ3n) is 9.66. The summed E-state index contributed by atoms with van der Waals surface area (Å²) in [4.78, 5) is 24.9. The van der Waals surface area contributed by atoms with E-state index in [1.807, 2.05) is 54.6 Å². The van der Waals surface area contributed by atoms with Crippen LogP contribution >= 0.6 is 23.2 Å². The van der Waals surface area contributed by atoms with Crippen molar-refractivity contribution in [2.24, 2.45) is 0 Å². The van der Waals surface area contributed by atoms with Crippen LogP contribution in [0.2, 0.25) is 10.0 Å². The number of fused-ring (bicyclic) bond motifs is 1. The van der Waals surface area contributed by atoms with Crippen molar-refractivity contribution in [3.8, 4) is 0 Å². The van der Waals surface area contributed by atoms with E-state index in [0.717, 1.165) is 81.6 Å². The summed E-state index contributed by atoms with van der Waals surface area (Å²) in [5, 5.41) is 4.28. The Morgan fingerprint density at radius 1 is 0.905 bits per heavy atom. The van der Waals surface area contributed by atoms with Crippen LogP contribution in [-0.4, -0.2) is 60.7 Å². The van der Waals surface area contributed by atoms with E-state index in [-0.39, 0.29) is 11.3 Å². The summed E-state index contributed by atoms with van der Waals surface area (Å²) in [5.74, 6) is 0.162. The normalized spacial score (nSPS) is 22.4. The molecule has 3 aromatic carbocycles. The van der Waals surface area contributed by atoms with Gasteiger partial charge in [-0.05, 0) is 80.6 Å². The summed E-state index contributed by atoms with van der Waals surface area (Å²) >= 11 is 12.8. The molecule has 218 valence electrons. The van der Waals surface area contributed by atoms with Gasteiger partial charge in [-0.1, -0.05) is 59.6 Å². The highest BCUT2D eigenvalue weighted by Gasteiger charge is 2.50. The van der Waals surface area contributed by atoms with Crippen LogP contribution in [0, 0.1) is 0 Å². The number of benzene rings is 3. The van der Waals surface area contributed by atoms with E-state index >= 15 is 0 Å². The summed E-state index contributed by atoms with van der Waals surface area (Å²) in [6.45, 7) is 5.06. The first kappa shape index (κ1) is 27.6. The number of carbonyl (C=O) groups excluding carboxylic acids is 1. The number of nitrogens with one attached hydrogen (secondary N) is 1. The van der Waals surface area contributed by atoms with Gasteiger partial charge in [-0.2, -0.15) is 4.98 Å². The predicted octanol–water partition coefficient (Wildman–Crippen LogP) is 6.49. The number of likely N-dealkylation sites (tertiary alicyclic amines) is 1. The van der Waals surface area contributed by atoms with Crippen LogP contribution in [0.5, 0.6) is 0 Å². The predicted molar refractivity (Wildman–Crippen MR) is 169 cm³/mol. The largest absolute Gasteiger partial charge is 0.423 e. The van der Waals surface area contributed by atoms with Crippen molar-refractivity contribution in [2.45, 2.75) is 43.1 Å². The van der Waals surface area contributed by atoms with Gasteiger partial charge in [0.2, 0.25) is 5.91 Å². The van der Waals surface area contributed by atoms with Gasteiger partial charge in [-0.25, -0.2) is 0 Å². The van der Waals surface area contributed by atoms with Gasteiger partial charge in [-0.3, -0.25) is 4.79 Å². The van der Waals surface area contributed by atoms with Gasteiger partial charge in [0.05, 0.1) is 16.7 Å². The minimum absolute atomic E-state index is 0.0820. The zero-order valence-corrected chi connectivity index (χ0v) is 25.1. The van der Waals surface area contributed by atoms with Crippen LogP contribution in [-0.2, 0) is 10.2 Å². The van der Waals surface area contributed by atoms with Gasteiger partial charge in [0.25, 0.3) is 6.01 Å². The number of carbonyl (C=O) groups is 1. The number of hydrogen-bond acceptors (Lipinski definition) is 6. The minimum Gasteiger partial charge on any atom is -0.423 e. The molecule has 3 aliphatic rings. The first-order valence-corrected chi connectivity index (χ1v) is 15.6. The van der Waals surface area contributed by atoms with Crippen LogP contribution < -0.4 is 15.1 Å². The average molecular weight is 605 g/mol. The second kappa shape index (κ2) is 11.1. The molecule has 1 spiro atoms. The van der Waals surface area contributed by atoms with Crippen molar-refractivity contribution in [1.82, 2.24) is 15.2 Å². The molecule has 7 rings (SSSR count). The molecule has 1 amide bonds. The third-order valence-corrected chi connectivity index (χ3v) is 10.4. The van der Waals surface area contributed by atoms with Gasteiger partial charge in [0.15, 0.2) is 5.58 Å². The fourth-order valence-electron chi connectivity index (χ4n) is 7.26. The number of aromatic nitrogens is 1. The fourth-order valence-corrected chi connectivity index (χ4v) is 7.56. The summed E-state index contributed by atoms with van der Waals surface area (Å²) in [6, 6.07) is 25.0. The fraction of sp³-hybridized carbons (Fsp3) is 0.394. The van der Waals surface area contributed by atoms with Gasteiger partial charge < -0.3 is 24.4 Å². The topological polar surface area (TPSA) is 64.9 Å². The molecule has 9 heteroatoms. The molecule has 1 atom stereocenters. The van der Waals surface area contributed by atoms with Crippen molar-refractivity contribution in [3.05, 3.63) is 88.4 Å². The Labute approximate surface area is 256 Å². The molecule has 3 fully saturated rings. The molecule has 4 aromatic rings. The molecule has 7 nitrogen and oxygen atoms in total. The highest BCUT2D eigenvalue weighted by molar-refractivity contribution is 6.42. The zero-order chi connectivity index (χ0) is 28.7. The number of amides is 1. The minimum atomic E-state index is -0.454. The molecular formula is C33H35Cl2N5O2. The van der Waals surface area contributed by atoms with E-state index < -0.39 is 5.54 Å². The molecule has 1 aromatic heterocycles. The first-order valence-electron chi connectivity index (χ1n) is 14.9. The lowest BCUT2D eigenvalue weighted by Gasteiger charge is -2.43. The monoisotopic (exact) mass is 603 g/mol. The maximum Gasteiger partial charge on any atom is 0.298 e. The van der Waals surface area contributed by atoms with Gasteiger partial charge in [-0.15, -0.1) is 0 Å². The Morgan fingerprint density at radius 3 is 2.48 bits per heavy atom. The van der Waals surface area contributed by atoms with Crippen molar-refractivity contribution in [3.63, 3.8) is 0 Å². The first-order chi connectivity index (χ1) is 20.5. The van der Waals surface area contributed by atoms with E-state index in [0.29, 0.717) is 22.7 Å². The second-order valence-corrected chi connectivity index (χ2v) is 12.8. The molecule has 0 aliphatic carbocycles. The van der Waals surface area contributed by atoms with Crippen molar-refractivity contribution in [1.29, 1.82) is 0 Å². The maximum absolute atomic E-state index is 13.1. The molecule has 3 saturated heterocycles. The number of hydrogen-bond donors (Lipinski definition) is 1. The van der Waals surface area contributed by atoms with E-state index in [1.165, 1.54) is 5.56 Å². The quantitative estimate of drug-likeness (QED) is 0.260. The Morgan fingerprint density at radius 2 is 1.69 bits per heavy atom. The third kappa shape index (κ3) is 4.91. The number of rotatable bonds is 7. The lowest BCUT2D eigenvalue weighted by Crippen LogP contribution is -2.56. The number of nitrogens with zero attached hydrogens (tertiary/aromatic N) is 4. The smallest absolute Gasteiger partial charge is 0.298 e.